The summed E-state index contributed by atoms with van der Waals surface area (Å²) in [7, 11) is 6.38. The summed E-state index contributed by atoms with van der Waals surface area (Å²) >= 11 is 0. The number of amides is 1. The van der Waals surface area contributed by atoms with Crippen molar-refractivity contribution in [2.75, 3.05) is 41.5 Å². The van der Waals surface area contributed by atoms with Crippen LogP contribution < -0.4 is 24.7 Å². The van der Waals surface area contributed by atoms with E-state index in [1.807, 2.05) is 36.4 Å². The van der Waals surface area contributed by atoms with E-state index < -0.39 is 0 Å². The van der Waals surface area contributed by atoms with Crippen molar-refractivity contribution >= 4 is 5.91 Å². The maximum atomic E-state index is 11.8. The number of nitrogens with zero attached hydrogens (tertiary/aromatic N) is 5. The average molecular weight is 497 g/mol. The Morgan fingerprint density at radius 1 is 1.00 bits per heavy atom. The Hall–Kier alpha value is -3.86. The molecule has 4 rings (SSSR count). The molecule has 0 spiro atoms. The van der Waals surface area contributed by atoms with Crippen LogP contribution in [0.4, 0.5) is 0 Å². The second-order valence-corrected chi connectivity index (χ2v) is 8.62. The van der Waals surface area contributed by atoms with Gasteiger partial charge < -0.3 is 24.7 Å². The van der Waals surface area contributed by atoms with Gasteiger partial charge in [-0.05, 0) is 71.8 Å². The summed E-state index contributed by atoms with van der Waals surface area (Å²) in [6, 6.07) is 11.3. The van der Waals surface area contributed by atoms with Gasteiger partial charge >= 0.3 is 0 Å². The van der Waals surface area contributed by atoms with Gasteiger partial charge in [0.1, 0.15) is 5.75 Å². The van der Waals surface area contributed by atoms with Gasteiger partial charge in [-0.3, -0.25) is 9.69 Å². The zero-order valence-electron chi connectivity index (χ0n) is 21.0. The molecule has 0 aliphatic carbocycles. The zero-order chi connectivity index (χ0) is 25.7. The lowest BCUT2D eigenvalue weighted by molar-refractivity contribution is -0.123. The fourth-order valence-corrected chi connectivity index (χ4v) is 4.65. The smallest absolute Gasteiger partial charge is 0.220 e. The van der Waals surface area contributed by atoms with Crippen LogP contribution in [-0.2, 0) is 11.3 Å². The van der Waals surface area contributed by atoms with E-state index >= 15 is 0 Å². The molecule has 11 heteroatoms. The summed E-state index contributed by atoms with van der Waals surface area (Å²) in [6.07, 6.45) is 1.33. The number of rotatable bonds is 10. The Labute approximate surface area is 210 Å². The molecular formula is C25H32N6O5. The molecule has 1 aliphatic heterocycles. The Kier molecular flexibility index (Phi) is 7.89. The first-order valence-corrected chi connectivity index (χ1v) is 11.7. The highest BCUT2D eigenvalue weighted by Crippen LogP contribution is 2.42. The molecule has 1 aromatic heterocycles. The monoisotopic (exact) mass is 496 g/mol. The van der Waals surface area contributed by atoms with E-state index in [2.05, 4.69) is 20.4 Å². The maximum absolute atomic E-state index is 11.8. The lowest BCUT2D eigenvalue weighted by Gasteiger charge is -2.36. The number of hydrogen-bond acceptors (Lipinski definition) is 9. The molecule has 0 saturated carbocycles. The number of carbonyl (C=O) groups is 1. The second-order valence-electron chi connectivity index (χ2n) is 8.62. The van der Waals surface area contributed by atoms with Gasteiger partial charge in [0, 0.05) is 5.92 Å². The van der Waals surface area contributed by atoms with Gasteiger partial charge in [-0.1, -0.05) is 12.1 Å². The van der Waals surface area contributed by atoms with Gasteiger partial charge in [-0.2, -0.15) is 0 Å². The van der Waals surface area contributed by atoms with E-state index in [4.69, 9.17) is 24.7 Å². The van der Waals surface area contributed by atoms with Crippen LogP contribution in [-0.4, -0.2) is 72.5 Å². The van der Waals surface area contributed by atoms with Crippen LogP contribution in [0.5, 0.6) is 23.0 Å². The van der Waals surface area contributed by atoms with Crippen LogP contribution in [0.1, 0.15) is 35.8 Å². The number of primary amides is 1. The van der Waals surface area contributed by atoms with E-state index in [9.17, 15) is 4.79 Å². The fraction of sp³-hybridized carbons (Fsp3) is 0.440. The lowest BCUT2D eigenvalue weighted by Crippen LogP contribution is -2.41. The minimum Gasteiger partial charge on any atom is -0.497 e. The van der Waals surface area contributed by atoms with Gasteiger partial charge in [0.2, 0.25) is 11.7 Å². The number of likely N-dealkylation sites (tertiary alicyclic amines) is 1. The summed E-state index contributed by atoms with van der Waals surface area (Å²) in [5.74, 6) is 2.63. The van der Waals surface area contributed by atoms with Gasteiger partial charge in [0.25, 0.3) is 0 Å². The molecule has 2 aromatic carbocycles. The Balaban J connectivity index is 1.75. The third kappa shape index (κ3) is 5.20. The van der Waals surface area contributed by atoms with Crippen molar-refractivity contribution in [3.05, 3.63) is 53.3 Å². The summed E-state index contributed by atoms with van der Waals surface area (Å²) in [4.78, 5) is 14.0. The molecule has 1 atom stereocenters. The van der Waals surface area contributed by atoms with Crippen molar-refractivity contribution in [1.29, 1.82) is 0 Å². The van der Waals surface area contributed by atoms with E-state index in [1.54, 1.807) is 33.1 Å². The Morgan fingerprint density at radius 2 is 1.64 bits per heavy atom. The minimum absolute atomic E-state index is 0.142. The number of nitrogens with two attached hydrogens (primary N) is 1. The highest BCUT2D eigenvalue weighted by molar-refractivity contribution is 5.76. The predicted molar refractivity (Wildman–Crippen MR) is 131 cm³/mol. The third-order valence-corrected chi connectivity index (χ3v) is 6.60. The summed E-state index contributed by atoms with van der Waals surface area (Å²) in [5.41, 5.74) is 7.49. The van der Waals surface area contributed by atoms with Crippen molar-refractivity contribution < 1.29 is 23.7 Å². The molecule has 2 heterocycles. The fourth-order valence-electron chi connectivity index (χ4n) is 4.65. The highest BCUT2D eigenvalue weighted by atomic mass is 16.5. The molecular weight excluding hydrogens is 464 g/mol. The van der Waals surface area contributed by atoms with Crippen molar-refractivity contribution in [3.8, 4) is 23.0 Å². The first kappa shape index (κ1) is 25.2. The summed E-state index contributed by atoms with van der Waals surface area (Å²) in [5, 5.41) is 12.7. The molecule has 192 valence electrons. The standard InChI is InChI=1S/C25H32N6O5/c1-33-19-7-5-16(6-8-19)15-31-25(27-28-29-31)22(30-11-9-17(10-12-30)24(26)32)18-13-20(34-2)23(36-4)21(14-18)35-3/h5-8,13-14,17,22H,9-12,15H2,1-4H3,(H2,26,32)/t22-/m1/s1. The Bertz CT molecular complexity index is 1150. The van der Waals surface area contributed by atoms with E-state index in [1.165, 1.54) is 0 Å². The number of benzene rings is 2. The highest BCUT2D eigenvalue weighted by Gasteiger charge is 2.34. The van der Waals surface area contributed by atoms with Crippen molar-refractivity contribution in [2.24, 2.45) is 11.7 Å². The SMILES string of the molecule is COc1ccc(Cn2nnnc2[C@@H](c2cc(OC)c(OC)c(OC)c2)N2CCC(C(N)=O)CC2)cc1. The molecule has 3 aromatic rings. The number of carbonyl (C=O) groups excluding carboxylic acids is 1. The van der Waals surface area contributed by atoms with Crippen LogP contribution in [0.15, 0.2) is 36.4 Å². The van der Waals surface area contributed by atoms with E-state index in [0.29, 0.717) is 55.5 Å². The summed E-state index contributed by atoms with van der Waals surface area (Å²) < 4.78 is 23.8. The molecule has 0 radical (unpaired) electrons. The second kappa shape index (κ2) is 11.3. The number of tetrazole rings is 1. The maximum Gasteiger partial charge on any atom is 0.220 e. The third-order valence-electron chi connectivity index (χ3n) is 6.60. The first-order valence-electron chi connectivity index (χ1n) is 11.7. The Morgan fingerprint density at radius 3 is 2.17 bits per heavy atom. The normalized spacial score (nSPS) is 15.3. The van der Waals surface area contributed by atoms with Crippen molar-refractivity contribution in [3.63, 3.8) is 0 Å². The molecule has 1 aliphatic rings. The molecule has 1 amide bonds. The number of methoxy groups -OCH3 is 4. The van der Waals surface area contributed by atoms with Gasteiger partial charge in [0.15, 0.2) is 17.3 Å². The topological polar surface area (TPSA) is 127 Å². The first-order chi connectivity index (χ1) is 17.5. The lowest BCUT2D eigenvalue weighted by atomic mass is 9.93. The van der Waals surface area contributed by atoms with E-state index in [-0.39, 0.29) is 17.9 Å². The van der Waals surface area contributed by atoms with E-state index in [0.717, 1.165) is 16.9 Å². The van der Waals surface area contributed by atoms with Crippen LogP contribution >= 0.6 is 0 Å². The molecule has 1 fully saturated rings. The molecule has 0 bridgehead atoms. The van der Waals surface area contributed by atoms with Crippen LogP contribution in [0.25, 0.3) is 0 Å². The van der Waals surface area contributed by atoms with Crippen molar-refractivity contribution in [1.82, 2.24) is 25.1 Å². The largest absolute Gasteiger partial charge is 0.497 e. The average Bonchev–Trinajstić information content (AvgIpc) is 3.36. The van der Waals surface area contributed by atoms with Gasteiger partial charge in [-0.15, -0.1) is 5.10 Å². The van der Waals surface area contributed by atoms with Gasteiger partial charge in [-0.25, -0.2) is 4.68 Å². The molecule has 2 N–H and O–H groups in total. The van der Waals surface area contributed by atoms with Crippen LogP contribution in [0, 0.1) is 5.92 Å². The van der Waals surface area contributed by atoms with Gasteiger partial charge in [0.05, 0.1) is 41.0 Å². The molecule has 0 unspecified atom stereocenters. The van der Waals surface area contributed by atoms with Crippen molar-refractivity contribution in [2.45, 2.75) is 25.4 Å². The minimum atomic E-state index is -0.319. The van der Waals surface area contributed by atoms with Crippen LogP contribution in [0.3, 0.4) is 0 Å². The molecule has 11 nitrogen and oxygen atoms in total. The number of piperidine rings is 1. The number of hydrogen-bond donors (Lipinski definition) is 1. The molecule has 1 saturated heterocycles. The number of aromatic nitrogens is 4. The summed E-state index contributed by atoms with van der Waals surface area (Å²) in [6.45, 7) is 1.79. The zero-order valence-corrected chi connectivity index (χ0v) is 21.0. The predicted octanol–water partition coefficient (Wildman–Crippen LogP) is 2.04. The quantitative estimate of drug-likeness (QED) is 0.448. The van der Waals surface area contributed by atoms with Crippen LogP contribution in [0.2, 0.25) is 0 Å². The number of ether oxygens (including phenoxy) is 4. The molecule has 36 heavy (non-hydrogen) atoms.